The third-order valence-electron chi connectivity index (χ3n) is 4.61. The van der Waals surface area contributed by atoms with Crippen molar-refractivity contribution in [2.45, 2.75) is 87.7 Å². The summed E-state index contributed by atoms with van der Waals surface area (Å²) in [7, 11) is 0. The monoisotopic (exact) mass is 423 g/mol. The van der Waals surface area contributed by atoms with Crippen LogP contribution in [-0.4, -0.2) is 111 Å². The molecule has 13 heteroatoms. The van der Waals surface area contributed by atoms with Crippen LogP contribution < -0.4 is 0 Å². The van der Waals surface area contributed by atoms with Crippen molar-refractivity contribution >= 4 is 0 Å². The molecule has 29 heavy (non-hydrogen) atoms. The normalized spacial score (nSPS) is 43.6. The Balaban J connectivity index is 2.22. The number of ether oxygens (including phenoxy) is 4. The summed E-state index contributed by atoms with van der Waals surface area (Å²) in [6, 6.07) is 0. The van der Waals surface area contributed by atoms with Crippen molar-refractivity contribution in [2.75, 3.05) is 13.2 Å². The van der Waals surface area contributed by atoms with Gasteiger partial charge in [0.25, 0.3) is 0 Å². The van der Waals surface area contributed by atoms with Crippen LogP contribution in [0.2, 0.25) is 0 Å². The molecule has 0 aromatic heterocycles. The van der Waals surface area contributed by atoms with Crippen molar-refractivity contribution in [3.8, 4) is 0 Å². The molecule has 2 aliphatic rings. The fourth-order valence-electron chi connectivity index (χ4n) is 3.25. The summed E-state index contributed by atoms with van der Waals surface area (Å²) in [4.78, 5) is 2.51. The van der Waals surface area contributed by atoms with Gasteiger partial charge in [-0.25, -0.2) is 0 Å². The quantitative estimate of drug-likeness (QED) is 0.153. The second-order valence-electron chi connectivity index (χ2n) is 7.94. The highest BCUT2D eigenvalue weighted by Crippen LogP contribution is 2.31. The summed E-state index contributed by atoms with van der Waals surface area (Å²) in [5.74, 6) is 0. The Morgan fingerprint density at radius 2 is 1.52 bits per heavy atom. The number of nitrogens with zero attached hydrogens (tertiary/aromatic N) is 3. The molecule has 0 spiro atoms. The molecule has 0 amide bonds. The van der Waals surface area contributed by atoms with Crippen molar-refractivity contribution in [1.29, 1.82) is 0 Å². The summed E-state index contributed by atoms with van der Waals surface area (Å²) in [5, 5.41) is 63.7. The van der Waals surface area contributed by atoms with Gasteiger partial charge in [0, 0.05) is 4.91 Å². The van der Waals surface area contributed by atoms with Gasteiger partial charge in [0.15, 0.2) is 12.5 Å². The van der Waals surface area contributed by atoms with Gasteiger partial charge in [-0.3, -0.25) is 0 Å². The van der Waals surface area contributed by atoms with E-state index < -0.39 is 80.2 Å². The first kappa shape index (κ1) is 24.2. The fraction of sp³-hybridized carbons (Fsp3) is 1.00. The number of rotatable bonds is 6. The van der Waals surface area contributed by atoms with Crippen LogP contribution >= 0.6 is 0 Å². The molecule has 2 aliphatic heterocycles. The molecule has 0 saturated carbocycles. The van der Waals surface area contributed by atoms with Gasteiger partial charge in [0.2, 0.25) is 0 Å². The van der Waals surface area contributed by atoms with Crippen LogP contribution in [-0.2, 0) is 18.9 Å². The maximum Gasteiger partial charge on any atom is 0.187 e. The van der Waals surface area contributed by atoms with E-state index in [2.05, 4.69) is 10.0 Å². The van der Waals surface area contributed by atoms with E-state index in [1.807, 2.05) is 0 Å². The molecule has 10 atom stereocenters. The van der Waals surface area contributed by atoms with E-state index in [9.17, 15) is 30.6 Å². The zero-order chi connectivity index (χ0) is 21.9. The zero-order valence-corrected chi connectivity index (χ0v) is 16.3. The van der Waals surface area contributed by atoms with Gasteiger partial charge in [0.1, 0.15) is 48.8 Å². The van der Waals surface area contributed by atoms with Crippen molar-refractivity contribution in [2.24, 2.45) is 5.11 Å². The minimum Gasteiger partial charge on any atom is -0.394 e. The lowest BCUT2D eigenvalue weighted by atomic mass is 9.96. The van der Waals surface area contributed by atoms with Gasteiger partial charge in [-0.05, 0) is 26.3 Å². The molecular weight excluding hydrogens is 394 g/mol. The predicted octanol–water partition coefficient (Wildman–Crippen LogP) is -2.26. The Morgan fingerprint density at radius 3 is 2.03 bits per heavy atom. The molecule has 0 aromatic rings. The molecule has 168 valence electrons. The van der Waals surface area contributed by atoms with E-state index in [4.69, 9.17) is 24.5 Å². The van der Waals surface area contributed by atoms with E-state index in [1.165, 1.54) is 0 Å². The maximum atomic E-state index is 10.6. The van der Waals surface area contributed by atoms with Crippen molar-refractivity contribution in [3.05, 3.63) is 10.4 Å². The Morgan fingerprint density at radius 1 is 0.897 bits per heavy atom. The van der Waals surface area contributed by atoms with Crippen LogP contribution in [0, 0.1) is 0 Å². The topological polar surface area (TPSA) is 207 Å². The van der Waals surface area contributed by atoms with Gasteiger partial charge >= 0.3 is 0 Å². The van der Waals surface area contributed by atoms with Crippen LogP contribution in [0.5, 0.6) is 0 Å². The van der Waals surface area contributed by atoms with Crippen LogP contribution in [0.15, 0.2) is 5.11 Å². The van der Waals surface area contributed by atoms with E-state index >= 15 is 0 Å². The van der Waals surface area contributed by atoms with Gasteiger partial charge in [-0.15, -0.1) is 0 Å². The number of aliphatic hydroxyl groups excluding tert-OH is 6. The maximum absolute atomic E-state index is 10.6. The number of hydrogen-bond acceptors (Lipinski definition) is 11. The molecule has 0 aliphatic carbocycles. The Labute approximate surface area is 167 Å². The Kier molecular flexibility index (Phi) is 8.18. The lowest BCUT2D eigenvalue weighted by Gasteiger charge is -2.47. The van der Waals surface area contributed by atoms with Crippen molar-refractivity contribution in [3.63, 3.8) is 0 Å². The van der Waals surface area contributed by atoms with Crippen LogP contribution in [0.3, 0.4) is 0 Å². The first-order valence-electron chi connectivity index (χ1n) is 9.16. The van der Waals surface area contributed by atoms with Crippen LogP contribution in [0.4, 0.5) is 0 Å². The Bertz CT molecular complexity index is 582. The summed E-state index contributed by atoms with van der Waals surface area (Å²) < 4.78 is 21.9. The van der Waals surface area contributed by atoms with E-state index in [0.29, 0.717) is 0 Å². The summed E-state index contributed by atoms with van der Waals surface area (Å²) in [6.07, 6.45) is -14.1. The van der Waals surface area contributed by atoms with Gasteiger partial charge in [0.05, 0.1) is 18.8 Å². The number of aliphatic hydroxyl groups is 6. The summed E-state index contributed by atoms with van der Waals surface area (Å²) >= 11 is 0. The first-order valence-corrected chi connectivity index (χ1v) is 9.16. The first-order chi connectivity index (χ1) is 13.5. The third-order valence-corrected chi connectivity index (χ3v) is 4.61. The Hall–Kier alpha value is -1.09. The largest absolute Gasteiger partial charge is 0.394 e. The van der Waals surface area contributed by atoms with Gasteiger partial charge < -0.3 is 49.6 Å². The smallest absolute Gasteiger partial charge is 0.187 e. The SMILES string of the molecule is CC(C)(C)O[C@@H]1C(O)[C@H](O[C@@H]2C(CO)O[C@@H](N=[N+]=[N-])C(O)[C@H]2O)OC(CO)[C@@H]1O. The van der Waals surface area contributed by atoms with E-state index in [0.717, 1.165) is 0 Å². The van der Waals surface area contributed by atoms with Crippen molar-refractivity contribution in [1.82, 2.24) is 0 Å². The molecule has 6 N–H and O–H groups in total. The highest BCUT2D eigenvalue weighted by atomic mass is 16.7. The fourth-order valence-corrected chi connectivity index (χ4v) is 3.25. The lowest BCUT2D eigenvalue weighted by Crippen LogP contribution is -2.65. The molecule has 0 radical (unpaired) electrons. The molecule has 4 unspecified atom stereocenters. The second-order valence-corrected chi connectivity index (χ2v) is 7.94. The minimum atomic E-state index is -1.67. The molecule has 2 rings (SSSR count). The minimum absolute atomic E-state index is 0.605. The van der Waals surface area contributed by atoms with Crippen LogP contribution in [0.1, 0.15) is 20.8 Å². The van der Waals surface area contributed by atoms with Gasteiger partial charge in [-0.2, -0.15) is 0 Å². The van der Waals surface area contributed by atoms with Gasteiger partial charge in [-0.1, -0.05) is 5.11 Å². The molecule has 13 nitrogen and oxygen atoms in total. The zero-order valence-electron chi connectivity index (χ0n) is 16.3. The predicted molar refractivity (Wildman–Crippen MR) is 94.2 cm³/mol. The second kappa shape index (κ2) is 9.81. The summed E-state index contributed by atoms with van der Waals surface area (Å²) in [6.45, 7) is 3.85. The van der Waals surface area contributed by atoms with E-state index in [-0.39, 0.29) is 0 Å². The highest BCUT2D eigenvalue weighted by molar-refractivity contribution is 4.96. The highest BCUT2D eigenvalue weighted by Gasteiger charge is 2.51. The molecule has 2 fully saturated rings. The van der Waals surface area contributed by atoms with Crippen molar-refractivity contribution < 1.29 is 49.6 Å². The standard InChI is InChI=1S/C16H29N3O10/c1-16(2,3)29-13-8(22)6(4-20)27-15(11(13)25)28-12-7(5-21)26-14(18-19-17)10(24)9(12)23/h6-15,20-25H,4-5H2,1-3H3/t6?,7?,8-,9+,10?,11?,12+,13-,14+,15-/m0/s1. The lowest BCUT2D eigenvalue weighted by molar-refractivity contribution is -0.350. The van der Waals surface area contributed by atoms with E-state index in [1.54, 1.807) is 20.8 Å². The molecule has 0 aromatic carbocycles. The number of azide groups is 1. The molecule has 2 saturated heterocycles. The number of hydrogen-bond donors (Lipinski definition) is 6. The molecule has 0 bridgehead atoms. The van der Waals surface area contributed by atoms with Crippen LogP contribution in [0.25, 0.3) is 10.4 Å². The third kappa shape index (κ3) is 5.54. The average molecular weight is 423 g/mol. The average Bonchev–Trinajstić information content (AvgIpc) is 2.65. The summed E-state index contributed by atoms with van der Waals surface area (Å²) in [5.41, 5.74) is 7.77. The molecule has 2 heterocycles. The molecular formula is C16H29N3O10.